The predicted octanol–water partition coefficient (Wildman–Crippen LogP) is -1.18. The quantitative estimate of drug-likeness (QED) is 0.561. The fourth-order valence-corrected chi connectivity index (χ4v) is 1.76. The molecule has 0 spiro atoms. The molecule has 1 aromatic carbocycles. The van der Waals surface area contributed by atoms with E-state index in [1.165, 1.54) is 6.07 Å². The standard InChI is InChI=1S/C9H9BF3O.K/c11-10(12,13)9-3-1-2-7-6-14-5-4-8(7)9;/h1-3H,4-6H2;/q-1;+1. The van der Waals surface area contributed by atoms with Crippen molar-refractivity contribution >= 4 is 12.4 Å². The second-order valence-corrected chi connectivity index (χ2v) is 3.36. The Bertz CT molecular complexity index is 354. The van der Waals surface area contributed by atoms with E-state index >= 15 is 0 Å². The first-order chi connectivity index (χ1) is 6.59. The van der Waals surface area contributed by atoms with Crippen molar-refractivity contribution < 1.29 is 69.1 Å². The summed E-state index contributed by atoms with van der Waals surface area (Å²) in [6.45, 7) is -4.20. The normalized spacial score (nSPS) is 15.4. The molecule has 1 heterocycles. The number of ether oxygens (including phenoxy) is 1. The maximum absolute atomic E-state index is 12.6. The van der Waals surface area contributed by atoms with Crippen molar-refractivity contribution in [3.63, 3.8) is 0 Å². The Morgan fingerprint density at radius 3 is 2.60 bits per heavy atom. The van der Waals surface area contributed by atoms with Gasteiger partial charge >= 0.3 is 58.4 Å². The van der Waals surface area contributed by atoms with Gasteiger partial charge in [-0.2, -0.15) is 0 Å². The summed E-state index contributed by atoms with van der Waals surface area (Å²) in [4.78, 5) is 0. The number of hydrogen-bond acceptors (Lipinski definition) is 1. The Kier molecular flexibility index (Phi) is 4.89. The third-order valence-corrected chi connectivity index (χ3v) is 2.42. The Morgan fingerprint density at radius 1 is 1.20 bits per heavy atom. The Labute approximate surface area is 129 Å². The van der Waals surface area contributed by atoms with Crippen LogP contribution in [0.25, 0.3) is 0 Å². The topological polar surface area (TPSA) is 9.23 Å². The van der Waals surface area contributed by atoms with E-state index in [9.17, 15) is 12.9 Å². The number of benzene rings is 1. The van der Waals surface area contributed by atoms with Gasteiger partial charge in [0, 0.05) is 0 Å². The Balaban J connectivity index is 0.00000112. The number of rotatable bonds is 1. The molecule has 0 radical (unpaired) electrons. The van der Waals surface area contributed by atoms with Gasteiger partial charge in [0.05, 0.1) is 13.2 Å². The summed E-state index contributed by atoms with van der Waals surface area (Å²) in [7, 11) is 0. The minimum atomic E-state index is -4.89. The molecule has 0 saturated carbocycles. The molecule has 76 valence electrons. The van der Waals surface area contributed by atoms with Gasteiger partial charge in [-0.25, -0.2) is 0 Å². The van der Waals surface area contributed by atoms with Crippen LogP contribution >= 0.6 is 0 Å². The zero-order valence-corrected chi connectivity index (χ0v) is 11.6. The monoisotopic (exact) mass is 240 g/mol. The molecule has 6 heteroatoms. The average Bonchev–Trinajstić information content (AvgIpc) is 2.15. The predicted molar refractivity (Wildman–Crippen MR) is 48.5 cm³/mol. The van der Waals surface area contributed by atoms with Crippen molar-refractivity contribution in [3.05, 3.63) is 29.3 Å². The summed E-state index contributed by atoms with van der Waals surface area (Å²) in [5, 5.41) is 0. The zero-order chi connectivity index (χ0) is 10.2. The minimum absolute atomic E-state index is 0. The molecule has 1 aliphatic rings. The molecule has 0 N–H and O–H groups in total. The maximum Gasteiger partial charge on any atom is 1.00 e. The van der Waals surface area contributed by atoms with Crippen molar-refractivity contribution in [2.75, 3.05) is 6.61 Å². The van der Waals surface area contributed by atoms with Crippen LogP contribution in [-0.4, -0.2) is 13.6 Å². The molecule has 0 aliphatic carbocycles. The van der Waals surface area contributed by atoms with E-state index in [1.807, 2.05) is 0 Å². The van der Waals surface area contributed by atoms with E-state index in [4.69, 9.17) is 4.74 Å². The summed E-state index contributed by atoms with van der Waals surface area (Å²) >= 11 is 0. The number of hydrogen-bond donors (Lipinski definition) is 0. The van der Waals surface area contributed by atoms with E-state index in [1.54, 1.807) is 6.07 Å². The van der Waals surface area contributed by atoms with E-state index in [2.05, 4.69) is 0 Å². The van der Waals surface area contributed by atoms with Crippen LogP contribution in [0.3, 0.4) is 0 Å². The van der Waals surface area contributed by atoms with E-state index in [-0.39, 0.29) is 51.4 Å². The second-order valence-electron chi connectivity index (χ2n) is 3.36. The first-order valence-electron chi connectivity index (χ1n) is 4.47. The van der Waals surface area contributed by atoms with Crippen LogP contribution in [-0.2, 0) is 17.8 Å². The fourth-order valence-electron chi connectivity index (χ4n) is 1.76. The van der Waals surface area contributed by atoms with Crippen LogP contribution in [0.15, 0.2) is 18.2 Å². The minimum Gasteiger partial charge on any atom is -0.445 e. The third kappa shape index (κ3) is 3.08. The average molecular weight is 240 g/mol. The van der Waals surface area contributed by atoms with E-state index in [0.29, 0.717) is 30.8 Å². The fraction of sp³-hybridized carbons (Fsp3) is 0.333. The first kappa shape index (κ1) is 13.7. The largest absolute Gasteiger partial charge is 1.00 e. The smallest absolute Gasteiger partial charge is 0.445 e. The maximum atomic E-state index is 12.6. The van der Waals surface area contributed by atoms with Crippen LogP contribution in [0, 0.1) is 0 Å². The first-order valence-corrected chi connectivity index (χ1v) is 4.47. The molecule has 1 aliphatic heterocycles. The van der Waals surface area contributed by atoms with Crippen LogP contribution in [0.2, 0.25) is 0 Å². The summed E-state index contributed by atoms with van der Waals surface area (Å²) in [5.41, 5.74) is 0.644. The molecule has 1 aromatic rings. The summed E-state index contributed by atoms with van der Waals surface area (Å²) in [5.74, 6) is 0. The number of fused-ring (bicyclic) bond motifs is 1. The second kappa shape index (κ2) is 5.34. The molecule has 0 atom stereocenters. The van der Waals surface area contributed by atoms with E-state index in [0.717, 1.165) is 6.07 Å². The van der Waals surface area contributed by atoms with Crippen LogP contribution < -0.4 is 56.8 Å². The van der Waals surface area contributed by atoms with Crippen molar-refractivity contribution in [3.8, 4) is 0 Å². The van der Waals surface area contributed by atoms with Gasteiger partial charge in [0.1, 0.15) is 0 Å². The molecule has 0 saturated heterocycles. The van der Waals surface area contributed by atoms with Gasteiger partial charge in [-0.1, -0.05) is 23.8 Å². The van der Waals surface area contributed by atoms with Crippen molar-refractivity contribution in [2.24, 2.45) is 0 Å². The molecular weight excluding hydrogens is 231 g/mol. The zero-order valence-electron chi connectivity index (χ0n) is 8.47. The van der Waals surface area contributed by atoms with Crippen molar-refractivity contribution in [1.82, 2.24) is 0 Å². The molecule has 0 unspecified atom stereocenters. The van der Waals surface area contributed by atoms with Gasteiger partial charge in [0.25, 0.3) is 0 Å². The Hall–Kier alpha value is 0.671. The van der Waals surface area contributed by atoms with Gasteiger partial charge in [-0.15, -0.1) is 5.46 Å². The molecule has 2 rings (SSSR count). The van der Waals surface area contributed by atoms with Crippen LogP contribution in [0.4, 0.5) is 12.9 Å². The SMILES string of the molecule is F[B-](F)(F)c1cccc2c1CCOC2.[K+]. The molecule has 0 fully saturated rings. The van der Waals surface area contributed by atoms with Crippen molar-refractivity contribution in [1.29, 1.82) is 0 Å². The molecule has 0 aromatic heterocycles. The molecule has 15 heavy (non-hydrogen) atoms. The van der Waals surface area contributed by atoms with Crippen molar-refractivity contribution in [2.45, 2.75) is 13.0 Å². The van der Waals surface area contributed by atoms with Crippen LogP contribution in [0.5, 0.6) is 0 Å². The third-order valence-electron chi connectivity index (χ3n) is 2.42. The van der Waals surface area contributed by atoms with E-state index < -0.39 is 12.4 Å². The summed E-state index contributed by atoms with van der Waals surface area (Å²) in [6, 6.07) is 4.29. The Morgan fingerprint density at radius 2 is 1.93 bits per heavy atom. The molecule has 0 bridgehead atoms. The van der Waals surface area contributed by atoms with Crippen LogP contribution in [0.1, 0.15) is 11.1 Å². The molecule has 1 nitrogen and oxygen atoms in total. The van der Waals surface area contributed by atoms with Gasteiger partial charge in [0.15, 0.2) is 0 Å². The van der Waals surface area contributed by atoms with Gasteiger partial charge in [-0.05, 0) is 12.0 Å². The number of halogens is 3. The van der Waals surface area contributed by atoms with Gasteiger partial charge in [-0.3, -0.25) is 0 Å². The van der Waals surface area contributed by atoms with Gasteiger partial charge < -0.3 is 17.7 Å². The van der Waals surface area contributed by atoms with Gasteiger partial charge in [0.2, 0.25) is 0 Å². The summed E-state index contributed by atoms with van der Waals surface area (Å²) in [6.07, 6.45) is 0.368. The summed E-state index contributed by atoms with van der Waals surface area (Å²) < 4.78 is 42.9. The molecule has 0 amide bonds. The molecular formula is C9H9BF3KO.